The Labute approximate surface area is 145 Å². The maximum Gasteiger partial charge on any atom is 0.317 e. The highest BCUT2D eigenvalue weighted by molar-refractivity contribution is 5.80. The Morgan fingerprint density at radius 1 is 1.17 bits per heavy atom. The highest BCUT2D eigenvalue weighted by atomic mass is 16.5. The van der Waals surface area contributed by atoms with E-state index >= 15 is 0 Å². The molecule has 2 aliphatic heterocycles. The number of hydrogen-bond acceptors (Lipinski definition) is 4. The molecule has 2 aliphatic rings. The Bertz CT molecular complexity index is 416. The van der Waals surface area contributed by atoms with Gasteiger partial charge in [-0.25, -0.2) is 4.79 Å². The molecule has 0 aromatic carbocycles. The van der Waals surface area contributed by atoms with Crippen molar-refractivity contribution in [2.45, 2.75) is 45.6 Å². The van der Waals surface area contributed by atoms with Crippen LogP contribution < -0.4 is 5.32 Å². The molecule has 138 valence electrons. The van der Waals surface area contributed by atoms with Crippen LogP contribution in [0, 0.1) is 11.8 Å². The van der Waals surface area contributed by atoms with Crippen LogP contribution in [0.5, 0.6) is 0 Å². The van der Waals surface area contributed by atoms with Gasteiger partial charge < -0.3 is 19.9 Å². The molecule has 2 atom stereocenters. The Kier molecular flexibility index (Phi) is 7.49. The molecule has 0 spiro atoms. The summed E-state index contributed by atoms with van der Waals surface area (Å²) in [5, 5.41) is 3.24. The molecule has 0 aromatic rings. The molecule has 1 N–H and O–H groups in total. The molecule has 24 heavy (non-hydrogen) atoms. The topological polar surface area (TPSA) is 61.9 Å². The lowest BCUT2D eigenvalue weighted by Crippen LogP contribution is -2.54. The van der Waals surface area contributed by atoms with Gasteiger partial charge in [-0.05, 0) is 32.2 Å². The van der Waals surface area contributed by atoms with E-state index in [2.05, 4.69) is 17.3 Å². The van der Waals surface area contributed by atoms with Crippen LogP contribution in [0.15, 0.2) is 0 Å². The van der Waals surface area contributed by atoms with Gasteiger partial charge in [-0.3, -0.25) is 4.79 Å². The fourth-order valence-corrected chi connectivity index (χ4v) is 3.61. The third-order valence-corrected chi connectivity index (χ3v) is 5.44. The number of hydrogen-bond donors (Lipinski definition) is 1. The van der Waals surface area contributed by atoms with Gasteiger partial charge in [0.2, 0.25) is 0 Å². The van der Waals surface area contributed by atoms with Gasteiger partial charge in [0.15, 0.2) is 0 Å². The van der Waals surface area contributed by atoms with Gasteiger partial charge in [-0.2, -0.15) is 0 Å². The Morgan fingerprint density at radius 3 is 2.38 bits per heavy atom. The summed E-state index contributed by atoms with van der Waals surface area (Å²) in [6.07, 6.45) is 3.21. The highest BCUT2D eigenvalue weighted by Gasteiger charge is 2.30. The van der Waals surface area contributed by atoms with Crippen molar-refractivity contribution in [3.05, 3.63) is 0 Å². The third kappa shape index (κ3) is 5.45. The van der Waals surface area contributed by atoms with E-state index in [1.807, 2.05) is 18.7 Å². The van der Waals surface area contributed by atoms with E-state index in [1.54, 1.807) is 0 Å². The minimum Gasteiger partial charge on any atom is -0.381 e. The molecule has 2 amide bonds. The van der Waals surface area contributed by atoms with Crippen LogP contribution in [0.3, 0.4) is 0 Å². The first-order chi connectivity index (χ1) is 11.5. The molecule has 1 unspecified atom stereocenters. The molecule has 0 saturated carbocycles. The molecule has 2 fully saturated rings. The Morgan fingerprint density at radius 2 is 1.79 bits per heavy atom. The molecule has 2 heterocycles. The van der Waals surface area contributed by atoms with E-state index in [0.717, 1.165) is 58.7 Å². The van der Waals surface area contributed by atoms with Gasteiger partial charge in [0.25, 0.3) is 0 Å². The average Bonchev–Trinajstić information content (AvgIpc) is 2.61. The van der Waals surface area contributed by atoms with Crippen molar-refractivity contribution < 1.29 is 14.3 Å². The van der Waals surface area contributed by atoms with Crippen molar-refractivity contribution in [1.82, 2.24) is 15.1 Å². The van der Waals surface area contributed by atoms with Crippen molar-refractivity contribution in [2.24, 2.45) is 11.8 Å². The summed E-state index contributed by atoms with van der Waals surface area (Å²) in [5.74, 6) is 0.679. The first-order valence-corrected chi connectivity index (χ1v) is 9.35. The third-order valence-electron chi connectivity index (χ3n) is 5.44. The van der Waals surface area contributed by atoms with Gasteiger partial charge in [0.05, 0.1) is 0 Å². The molecule has 2 saturated heterocycles. The second kappa shape index (κ2) is 9.37. The molecular weight excluding hydrogens is 306 g/mol. The number of Topliss-reactive ketones (excluding diaryl/α,β-unsaturated/α-hetero) is 1. The zero-order chi connectivity index (χ0) is 17.5. The SMILES string of the molecule is CCC(=O)C(C)C[C@@H](NC(=O)N1CCN(C)CC1)C1CCOCC1. The molecule has 0 radical (unpaired) electrons. The zero-order valence-corrected chi connectivity index (χ0v) is 15.4. The fraction of sp³-hybridized carbons (Fsp3) is 0.889. The summed E-state index contributed by atoms with van der Waals surface area (Å²) in [6, 6.07) is 0.0855. The Hall–Kier alpha value is -1.14. The van der Waals surface area contributed by atoms with Crippen molar-refractivity contribution in [3.8, 4) is 0 Å². The molecule has 6 nitrogen and oxygen atoms in total. The summed E-state index contributed by atoms with van der Waals surface area (Å²) in [6.45, 7) is 8.77. The molecule has 2 rings (SSSR count). The van der Waals surface area contributed by atoms with E-state index in [0.29, 0.717) is 12.3 Å². The van der Waals surface area contributed by atoms with E-state index in [1.165, 1.54) is 0 Å². The van der Waals surface area contributed by atoms with Gasteiger partial charge in [0, 0.05) is 57.8 Å². The summed E-state index contributed by atoms with van der Waals surface area (Å²) >= 11 is 0. The number of rotatable bonds is 6. The quantitative estimate of drug-likeness (QED) is 0.801. The van der Waals surface area contributed by atoms with Crippen LogP contribution >= 0.6 is 0 Å². The summed E-state index contributed by atoms with van der Waals surface area (Å²) in [7, 11) is 2.08. The van der Waals surface area contributed by atoms with Gasteiger partial charge >= 0.3 is 6.03 Å². The molecule has 0 aromatic heterocycles. The number of nitrogens with one attached hydrogen (secondary N) is 1. The van der Waals surface area contributed by atoms with E-state index in [-0.39, 0.29) is 23.8 Å². The number of piperazine rings is 1. The minimum atomic E-state index is -0.00404. The predicted octanol–water partition coefficient (Wildman–Crippen LogP) is 1.74. The number of likely N-dealkylation sites (N-methyl/N-ethyl adjacent to an activating group) is 1. The number of urea groups is 1. The van der Waals surface area contributed by atoms with E-state index < -0.39 is 0 Å². The van der Waals surface area contributed by atoms with Crippen molar-refractivity contribution in [3.63, 3.8) is 0 Å². The monoisotopic (exact) mass is 339 g/mol. The second-order valence-electron chi connectivity index (χ2n) is 7.25. The van der Waals surface area contributed by atoms with Crippen LogP contribution in [0.1, 0.15) is 39.5 Å². The number of ketones is 1. The summed E-state index contributed by atoms with van der Waals surface area (Å²) in [4.78, 5) is 28.8. The lowest BCUT2D eigenvalue weighted by Gasteiger charge is -2.36. The van der Waals surface area contributed by atoms with Crippen LogP contribution in [0.4, 0.5) is 4.79 Å². The maximum atomic E-state index is 12.7. The van der Waals surface area contributed by atoms with Gasteiger partial charge in [-0.15, -0.1) is 0 Å². The number of amides is 2. The van der Waals surface area contributed by atoms with Gasteiger partial charge in [0.1, 0.15) is 5.78 Å². The molecule has 0 bridgehead atoms. The maximum absolute atomic E-state index is 12.7. The lowest BCUT2D eigenvalue weighted by molar-refractivity contribution is -0.122. The smallest absolute Gasteiger partial charge is 0.317 e. The minimum absolute atomic E-state index is 0.00404. The lowest BCUT2D eigenvalue weighted by atomic mass is 9.84. The normalized spacial score (nSPS) is 22.9. The molecular formula is C18H33N3O3. The van der Waals surface area contributed by atoms with Crippen LogP contribution in [-0.4, -0.2) is 74.1 Å². The number of ether oxygens (including phenoxy) is 1. The summed E-state index contributed by atoms with van der Waals surface area (Å²) in [5.41, 5.74) is 0. The van der Waals surface area contributed by atoms with Crippen LogP contribution in [0.2, 0.25) is 0 Å². The summed E-state index contributed by atoms with van der Waals surface area (Å²) < 4.78 is 5.46. The predicted molar refractivity (Wildman–Crippen MR) is 94.0 cm³/mol. The number of carbonyl (C=O) groups excluding carboxylic acids is 2. The van der Waals surface area contributed by atoms with Crippen molar-refractivity contribution in [2.75, 3.05) is 46.4 Å². The number of nitrogens with zero attached hydrogens (tertiary/aromatic N) is 2. The molecule has 0 aliphatic carbocycles. The number of carbonyl (C=O) groups is 2. The first-order valence-electron chi connectivity index (χ1n) is 9.35. The van der Waals surface area contributed by atoms with E-state index in [9.17, 15) is 9.59 Å². The van der Waals surface area contributed by atoms with Crippen LogP contribution in [-0.2, 0) is 9.53 Å². The fourth-order valence-electron chi connectivity index (χ4n) is 3.61. The van der Waals surface area contributed by atoms with Crippen molar-refractivity contribution in [1.29, 1.82) is 0 Å². The van der Waals surface area contributed by atoms with Crippen LogP contribution in [0.25, 0.3) is 0 Å². The van der Waals surface area contributed by atoms with Crippen molar-refractivity contribution >= 4 is 11.8 Å². The average molecular weight is 339 g/mol. The Balaban J connectivity index is 1.96. The standard InChI is InChI=1S/C18H33N3O3/c1-4-17(22)14(2)13-16(15-5-11-24-12-6-15)19-18(23)21-9-7-20(3)8-10-21/h14-16H,4-13H2,1-3H3,(H,19,23)/t14?,16-/m1/s1. The van der Waals surface area contributed by atoms with E-state index in [4.69, 9.17) is 4.74 Å². The van der Waals surface area contributed by atoms with Gasteiger partial charge in [-0.1, -0.05) is 13.8 Å². The second-order valence-corrected chi connectivity index (χ2v) is 7.25. The molecule has 6 heteroatoms. The first kappa shape index (κ1) is 19.2. The highest BCUT2D eigenvalue weighted by Crippen LogP contribution is 2.24. The zero-order valence-electron chi connectivity index (χ0n) is 15.4. The largest absolute Gasteiger partial charge is 0.381 e.